The van der Waals surface area contributed by atoms with E-state index in [1.807, 2.05) is 79.7 Å². The first-order valence-corrected chi connectivity index (χ1v) is 12.0. The van der Waals surface area contributed by atoms with Crippen LogP contribution in [0.5, 0.6) is 5.75 Å². The number of nitrogens with zero attached hydrogens (tertiary/aromatic N) is 2. The van der Waals surface area contributed by atoms with Crippen molar-refractivity contribution in [3.63, 3.8) is 0 Å². The summed E-state index contributed by atoms with van der Waals surface area (Å²) in [6.45, 7) is 3.56. The van der Waals surface area contributed by atoms with Crippen molar-refractivity contribution in [1.29, 1.82) is 0 Å². The molecule has 0 aliphatic carbocycles. The molecule has 1 aromatic heterocycles. The van der Waals surface area contributed by atoms with Crippen LogP contribution in [0, 0.1) is 0 Å². The largest absolute Gasteiger partial charge is 0.497 e. The summed E-state index contributed by atoms with van der Waals surface area (Å²) in [4.78, 5) is 30.2. The lowest BCUT2D eigenvalue weighted by molar-refractivity contribution is -0.117. The van der Waals surface area contributed by atoms with Crippen LogP contribution in [0.3, 0.4) is 0 Å². The van der Waals surface area contributed by atoms with E-state index in [2.05, 4.69) is 0 Å². The van der Waals surface area contributed by atoms with Gasteiger partial charge >= 0.3 is 0 Å². The Balaban J connectivity index is 1.65. The van der Waals surface area contributed by atoms with E-state index in [1.54, 1.807) is 42.0 Å². The Hall–Kier alpha value is -4.32. The molecule has 0 N–H and O–H groups in total. The molecule has 3 aromatic carbocycles. The summed E-state index contributed by atoms with van der Waals surface area (Å²) in [5, 5.41) is 0. The van der Waals surface area contributed by atoms with Gasteiger partial charge in [0.25, 0.3) is 5.91 Å². The number of ether oxygens (including phenoxy) is 1. The minimum atomic E-state index is -0.287. The second-order valence-corrected chi connectivity index (χ2v) is 8.97. The van der Waals surface area contributed by atoms with Gasteiger partial charge in [-0.05, 0) is 49.7 Å². The quantitative estimate of drug-likeness (QED) is 0.328. The van der Waals surface area contributed by atoms with Crippen LogP contribution in [0.1, 0.15) is 42.2 Å². The van der Waals surface area contributed by atoms with E-state index in [4.69, 9.17) is 9.15 Å². The number of amides is 2. The Kier molecular flexibility index (Phi) is 6.34. The van der Waals surface area contributed by atoms with Crippen molar-refractivity contribution in [2.24, 2.45) is 0 Å². The molecule has 1 aliphatic rings. The van der Waals surface area contributed by atoms with Gasteiger partial charge in [-0.1, -0.05) is 54.6 Å². The standard InChI is InChI=1S/C30H28N2O4/c1-20-17-27(32(21(2)33)24-14-8-5-9-15-24)26-19-28(22-11-6-4-7-12-22)36-30(26)31(20)29(34)23-13-10-16-25(18-23)35-3/h4-16,18-20,27H,17H2,1-3H3. The lowest BCUT2D eigenvalue weighted by atomic mass is 9.92. The van der Waals surface area contributed by atoms with Crippen LogP contribution < -0.4 is 14.5 Å². The zero-order valence-electron chi connectivity index (χ0n) is 20.5. The molecule has 36 heavy (non-hydrogen) atoms. The molecule has 6 nitrogen and oxygen atoms in total. The summed E-state index contributed by atoms with van der Waals surface area (Å²) in [7, 11) is 1.58. The maximum absolute atomic E-state index is 13.8. The van der Waals surface area contributed by atoms with E-state index in [0.717, 1.165) is 16.8 Å². The molecule has 0 radical (unpaired) electrons. The maximum Gasteiger partial charge on any atom is 0.260 e. The third kappa shape index (κ3) is 4.26. The topological polar surface area (TPSA) is 63.0 Å². The highest BCUT2D eigenvalue weighted by Gasteiger charge is 2.41. The molecule has 2 atom stereocenters. The number of furan rings is 1. The van der Waals surface area contributed by atoms with Crippen molar-refractivity contribution in [1.82, 2.24) is 0 Å². The van der Waals surface area contributed by atoms with Gasteiger partial charge in [0.05, 0.1) is 13.2 Å². The van der Waals surface area contributed by atoms with Crippen molar-refractivity contribution in [2.75, 3.05) is 16.9 Å². The Bertz CT molecular complexity index is 1380. The number of benzene rings is 3. The van der Waals surface area contributed by atoms with E-state index in [-0.39, 0.29) is 23.9 Å². The Labute approximate surface area is 210 Å². The van der Waals surface area contributed by atoms with Crippen molar-refractivity contribution in [2.45, 2.75) is 32.4 Å². The predicted molar refractivity (Wildman–Crippen MR) is 140 cm³/mol. The first-order valence-electron chi connectivity index (χ1n) is 12.0. The van der Waals surface area contributed by atoms with Crippen LogP contribution in [0.15, 0.2) is 95.4 Å². The summed E-state index contributed by atoms with van der Waals surface area (Å²) in [5.41, 5.74) is 3.03. The summed E-state index contributed by atoms with van der Waals surface area (Å²) in [6.07, 6.45) is 0.560. The maximum atomic E-state index is 13.8. The Morgan fingerprint density at radius 3 is 2.31 bits per heavy atom. The lowest BCUT2D eigenvalue weighted by Crippen LogP contribution is -2.47. The van der Waals surface area contributed by atoms with Gasteiger partial charge in [0, 0.05) is 35.3 Å². The normalized spacial score (nSPS) is 16.8. The summed E-state index contributed by atoms with van der Waals surface area (Å²) in [5.74, 6) is 1.48. The second kappa shape index (κ2) is 9.74. The molecule has 5 rings (SSSR count). The molecule has 0 bridgehead atoms. The van der Waals surface area contributed by atoms with Gasteiger partial charge in [-0.15, -0.1) is 0 Å². The zero-order chi connectivity index (χ0) is 25.2. The molecular formula is C30H28N2O4. The second-order valence-electron chi connectivity index (χ2n) is 8.97. The van der Waals surface area contributed by atoms with Crippen LogP contribution >= 0.6 is 0 Å². The van der Waals surface area contributed by atoms with Gasteiger partial charge in [0.15, 0.2) is 0 Å². The smallest absolute Gasteiger partial charge is 0.260 e. The Morgan fingerprint density at radius 2 is 1.64 bits per heavy atom. The molecule has 0 spiro atoms. The zero-order valence-corrected chi connectivity index (χ0v) is 20.5. The fraction of sp³-hybridized carbons (Fsp3) is 0.200. The molecule has 6 heteroatoms. The average Bonchev–Trinajstić information content (AvgIpc) is 3.35. The predicted octanol–water partition coefficient (Wildman–Crippen LogP) is 6.49. The molecule has 1 aliphatic heterocycles. The van der Waals surface area contributed by atoms with E-state index >= 15 is 0 Å². The van der Waals surface area contributed by atoms with E-state index in [0.29, 0.717) is 29.4 Å². The van der Waals surface area contributed by atoms with E-state index < -0.39 is 0 Å². The molecular weight excluding hydrogens is 452 g/mol. The summed E-state index contributed by atoms with van der Waals surface area (Å²) < 4.78 is 11.7. The van der Waals surface area contributed by atoms with Crippen molar-refractivity contribution < 1.29 is 18.7 Å². The van der Waals surface area contributed by atoms with Gasteiger partial charge in [0.1, 0.15) is 11.5 Å². The number of rotatable bonds is 5. The minimum Gasteiger partial charge on any atom is -0.497 e. The first kappa shape index (κ1) is 23.4. The van der Waals surface area contributed by atoms with Crippen LogP contribution in [-0.2, 0) is 4.79 Å². The van der Waals surface area contributed by atoms with Gasteiger partial charge in [-0.25, -0.2) is 0 Å². The van der Waals surface area contributed by atoms with Crippen molar-refractivity contribution >= 4 is 23.4 Å². The molecule has 182 valence electrons. The number of fused-ring (bicyclic) bond motifs is 1. The van der Waals surface area contributed by atoms with Crippen LogP contribution in [0.25, 0.3) is 11.3 Å². The molecule has 0 fully saturated rings. The van der Waals surface area contributed by atoms with Gasteiger partial charge in [0.2, 0.25) is 11.8 Å². The monoisotopic (exact) mass is 480 g/mol. The SMILES string of the molecule is COc1cccc(C(=O)N2c3oc(-c4ccccc4)cc3C(N(C(C)=O)c3ccccc3)CC2C)c1. The molecule has 0 saturated heterocycles. The van der Waals surface area contributed by atoms with Crippen LogP contribution in [0.2, 0.25) is 0 Å². The number of hydrogen-bond donors (Lipinski definition) is 0. The summed E-state index contributed by atoms with van der Waals surface area (Å²) in [6, 6.07) is 28.0. The number of anilines is 2. The van der Waals surface area contributed by atoms with Crippen molar-refractivity contribution in [3.05, 3.63) is 102 Å². The fourth-order valence-electron chi connectivity index (χ4n) is 4.92. The van der Waals surface area contributed by atoms with E-state index in [9.17, 15) is 9.59 Å². The highest BCUT2D eigenvalue weighted by Crippen LogP contribution is 2.46. The highest BCUT2D eigenvalue weighted by atomic mass is 16.5. The summed E-state index contributed by atoms with van der Waals surface area (Å²) >= 11 is 0. The van der Waals surface area contributed by atoms with Crippen LogP contribution in [-0.4, -0.2) is 25.0 Å². The number of para-hydroxylation sites is 1. The molecule has 2 amide bonds. The molecule has 0 saturated carbocycles. The third-order valence-electron chi connectivity index (χ3n) is 6.60. The van der Waals surface area contributed by atoms with Crippen LogP contribution in [0.4, 0.5) is 11.6 Å². The van der Waals surface area contributed by atoms with Gasteiger partial charge < -0.3 is 14.1 Å². The molecule has 2 unspecified atom stereocenters. The molecule has 2 heterocycles. The van der Waals surface area contributed by atoms with E-state index in [1.165, 1.54) is 0 Å². The van der Waals surface area contributed by atoms with Gasteiger partial charge in [-0.3, -0.25) is 14.5 Å². The Morgan fingerprint density at radius 1 is 0.944 bits per heavy atom. The minimum absolute atomic E-state index is 0.0700. The number of carbonyl (C=O) groups is 2. The van der Waals surface area contributed by atoms with Crippen molar-refractivity contribution in [3.8, 4) is 17.1 Å². The van der Waals surface area contributed by atoms with Gasteiger partial charge in [-0.2, -0.15) is 0 Å². The highest BCUT2D eigenvalue weighted by molar-refractivity contribution is 6.07. The number of hydrogen-bond acceptors (Lipinski definition) is 4. The first-order chi connectivity index (χ1) is 17.5. The number of carbonyl (C=O) groups excluding carboxylic acids is 2. The third-order valence-corrected chi connectivity index (χ3v) is 6.60. The molecule has 4 aromatic rings. The number of methoxy groups -OCH3 is 1. The lowest BCUT2D eigenvalue weighted by Gasteiger charge is -2.40. The average molecular weight is 481 g/mol. The fourth-order valence-corrected chi connectivity index (χ4v) is 4.92.